The highest BCUT2D eigenvalue weighted by molar-refractivity contribution is 7.89. The molecule has 1 aromatic heterocycles. The van der Waals surface area contributed by atoms with Crippen molar-refractivity contribution in [1.29, 1.82) is 0 Å². The number of aryl methyl sites for hydroxylation is 1. The molecule has 142 valence electrons. The minimum Gasteiger partial charge on any atom is -0.299 e. The molecule has 0 fully saturated rings. The summed E-state index contributed by atoms with van der Waals surface area (Å²) in [5.41, 5.74) is 0. The van der Waals surface area contributed by atoms with Crippen molar-refractivity contribution in [2.75, 3.05) is 5.32 Å². The number of sulfonamides is 1. The van der Waals surface area contributed by atoms with E-state index >= 15 is 0 Å². The third-order valence-electron chi connectivity index (χ3n) is 3.54. The largest absolute Gasteiger partial charge is 0.299 e. The fourth-order valence-corrected chi connectivity index (χ4v) is 4.23. The van der Waals surface area contributed by atoms with E-state index in [1.54, 1.807) is 0 Å². The maximum atomic E-state index is 12.3. The van der Waals surface area contributed by atoms with Gasteiger partial charge in [-0.15, -0.1) is 10.2 Å². The predicted molar refractivity (Wildman–Crippen MR) is 103 cm³/mol. The minimum absolute atomic E-state index is 0.0377. The molecule has 2 rings (SSSR count). The van der Waals surface area contributed by atoms with E-state index in [4.69, 9.17) is 11.6 Å². The van der Waals surface area contributed by atoms with Crippen molar-refractivity contribution in [3.05, 3.63) is 34.3 Å². The number of halogens is 1. The third kappa shape index (κ3) is 6.01. The number of carbonyl (C=O) groups is 1. The highest BCUT2D eigenvalue weighted by Gasteiger charge is 2.23. The topological polar surface area (TPSA) is 101 Å². The molecule has 0 radical (unpaired) electrons. The van der Waals surface area contributed by atoms with E-state index in [0.29, 0.717) is 10.2 Å². The molecule has 10 heteroatoms. The lowest BCUT2D eigenvalue weighted by molar-refractivity contribution is -0.117. The smallest absolute Gasteiger partial charge is 0.244 e. The van der Waals surface area contributed by atoms with Gasteiger partial charge < -0.3 is 0 Å². The van der Waals surface area contributed by atoms with E-state index in [-0.39, 0.29) is 4.90 Å². The first kappa shape index (κ1) is 20.8. The molecule has 7 nitrogen and oxygen atoms in total. The molecule has 0 saturated carbocycles. The molecule has 0 aliphatic rings. The van der Waals surface area contributed by atoms with Crippen LogP contribution >= 0.6 is 22.9 Å². The van der Waals surface area contributed by atoms with Crippen LogP contribution in [0.5, 0.6) is 0 Å². The number of carbonyl (C=O) groups excluding carboxylic acids is 1. The standard InChI is InChI=1S/C16H21ClN4O3S2/c1-3-4-5-6-14-19-20-16(25-14)18-15(22)11(2)21-26(23,24)13-9-7-12(17)8-10-13/h7-11,21H,3-6H2,1-2H3,(H,18,20,22)/t11-/m0/s1. The van der Waals surface area contributed by atoms with Gasteiger partial charge in [-0.2, -0.15) is 4.72 Å². The van der Waals surface area contributed by atoms with E-state index in [9.17, 15) is 13.2 Å². The van der Waals surface area contributed by atoms with E-state index in [1.807, 2.05) is 0 Å². The number of aromatic nitrogens is 2. The summed E-state index contributed by atoms with van der Waals surface area (Å²) >= 11 is 7.06. The van der Waals surface area contributed by atoms with Gasteiger partial charge in [-0.05, 0) is 37.6 Å². The van der Waals surface area contributed by atoms with E-state index in [2.05, 4.69) is 27.2 Å². The lowest BCUT2D eigenvalue weighted by Gasteiger charge is -2.13. The summed E-state index contributed by atoms with van der Waals surface area (Å²) in [5, 5.41) is 12.2. The van der Waals surface area contributed by atoms with Gasteiger partial charge in [0.25, 0.3) is 0 Å². The van der Waals surface area contributed by atoms with Crippen LogP contribution in [-0.2, 0) is 21.2 Å². The summed E-state index contributed by atoms with van der Waals surface area (Å²) in [4.78, 5) is 12.3. The molecular formula is C16H21ClN4O3S2. The quantitative estimate of drug-likeness (QED) is 0.611. The highest BCUT2D eigenvalue weighted by Crippen LogP contribution is 2.18. The summed E-state index contributed by atoms with van der Waals surface area (Å²) in [6, 6.07) is 4.73. The fraction of sp³-hybridized carbons (Fsp3) is 0.438. The number of rotatable bonds is 9. The van der Waals surface area contributed by atoms with Gasteiger partial charge in [-0.3, -0.25) is 10.1 Å². The Morgan fingerprint density at radius 3 is 2.58 bits per heavy atom. The van der Waals surface area contributed by atoms with Gasteiger partial charge in [0.05, 0.1) is 10.9 Å². The first-order chi connectivity index (χ1) is 12.3. The van der Waals surface area contributed by atoms with Crippen LogP contribution in [0.3, 0.4) is 0 Å². The molecule has 0 bridgehead atoms. The number of amides is 1. The van der Waals surface area contributed by atoms with Crippen LogP contribution in [0.15, 0.2) is 29.2 Å². The zero-order valence-corrected chi connectivity index (χ0v) is 16.9. The zero-order valence-electron chi connectivity index (χ0n) is 14.5. The van der Waals surface area contributed by atoms with Crippen LogP contribution in [0.1, 0.15) is 38.1 Å². The average Bonchev–Trinajstić information content (AvgIpc) is 3.02. The number of nitrogens with zero attached hydrogens (tertiary/aromatic N) is 2. The van der Waals surface area contributed by atoms with Crippen molar-refractivity contribution >= 4 is 44.0 Å². The lowest BCUT2D eigenvalue weighted by atomic mass is 10.2. The molecule has 2 aromatic rings. The minimum atomic E-state index is -3.83. The van der Waals surface area contributed by atoms with E-state index in [1.165, 1.54) is 42.5 Å². The molecule has 1 heterocycles. The monoisotopic (exact) mass is 416 g/mol. The van der Waals surface area contributed by atoms with Gasteiger partial charge in [0, 0.05) is 11.4 Å². The van der Waals surface area contributed by atoms with Gasteiger partial charge in [-0.1, -0.05) is 42.7 Å². The van der Waals surface area contributed by atoms with Crippen molar-refractivity contribution < 1.29 is 13.2 Å². The number of unbranched alkanes of at least 4 members (excludes halogenated alkanes) is 2. The summed E-state index contributed by atoms with van der Waals surface area (Å²) in [5.74, 6) is -0.501. The summed E-state index contributed by atoms with van der Waals surface area (Å²) in [6.45, 7) is 3.59. The Labute approximate surface area is 162 Å². The highest BCUT2D eigenvalue weighted by atomic mass is 35.5. The number of benzene rings is 1. The third-order valence-corrected chi connectivity index (χ3v) is 6.25. The lowest BCUT2D eigenvalue weighted by Crippen LogP contribution is -2.41. The molecule has 0 aliphatic heterocycles. The number of anilines is 1. The van der Waals surface area contributed by atoms with Gasteiger partial charge in [-0.25, -0.2) is 8.42 Å². The first-order valence-corrected chi connectivity index (χ1v) is 10.9. The average molecular weight is 417 g/mol. The summed E-state index contributed by atoms with van der Waals surface area (Å²) in [6.07, 6.45) is 4.08. The Kier molecular flexibility index (Phi) is 7.51. The summed E-state index contributed by atoms with van der Waals surface area (Å²) in [7, 11) is -3.83. The number of hydrogen-bond donors (Lipinski definition) is 2. The zero-order chi connectivity index (χ0) is 19.2. The molecular weight excluding hydrogens is 396 g/mol. The Hall–Kier alpha value is -1.55. The molecule has 1 aromatic carbocycles. The van der Waals surface area contributed by atoms with E-state index in [0.717, 1.165) is 30.7 Å². The Bertz CT molecular complexity index is 837. The van der Waals surface area contributed by atoms with Crippen molar-refractivity contribution in [1.82, 2.24) is 14.9 Å². The predicted octanol–water partition coefficient (Wildman–Crippen LogP) is 3.23. The number of hydrogen-bond acceptors (Lipinski definition) is 6. The molecule has 0 unspecified atom stereocenters. The molecule has 0 spiro atoms. The molecule has 26 heavy (non-hydrogen) atoms. The second kappa shape index (κ2) is 9.40. The Morgan fingerprint density at radius 1 is 1.23 bits per heavy atom. The second-order valence-electron chi connectivity index (χ2n) is 5.74. The van der Waals surface area contributed by atoms with Gasteiger partial charge >= 0.3 is 0 Å². The number of nitrogens with one attached hydrogen (secondary N) is 2. The van der Waals surface area contributed by atoms with Crippen LogP contribution in [0, 0.1) is 0 Å². The molecule has 2 N–H and O–H groups in total. The van der Waals surface area contributed by atoms with Crippen molar-refractivity contribution in [3.8, 4) is 0 Å². The van der Waals surface area contributed by atoms with Gasteiger partial charge in [0.2, 0.25) is 21.1 Å². The van der Waals surface area contributed by atoms with E-state index < -0.39 is 22.0 Å². The van der Waals surface area contributed by atoms with Crippen molar-refractivity contribution in [2.24, 2.45) is 0 Å². The van der Waals surface area contributed by atoms with Crippen molar-refractivity contribution in [2.45, 2.75) is 50.5 Å². The molecule has 0 saturated heterocycles. The van der Waals surface area contributed by atoms with Crippen LogP contribution < -0.4 is 10.0 Å². The molecule has 1 amide bonds. The first-order valence-electron chi connectivity index (χ1n) is 8.23. The maximum Gasteiger partial charge on any atom is 0.244 e. The second-order valence-corrected chi connectivity index (χ2v) is 8.96. The fourth-order valence-electron chi connectivity index (χ4n) is 2.11. The van der Waals surface area contributed by atoms with Crippen LogP contribution in [-0.4, -0.2) is 30.6 Å². The Balaban J connectivity index is 1.93. The SMILES string of the molecule is CCCCCc1nnc(NC(=O)[C@H](C)NS(=O)(=O)c2ccc(Cl)cc2)s1. The van der Waals surface area contributed by atoms with Gasteiger partial charge in [0.1, 0.15) is 5.01 Å². The van der Waals surface area contributed by atoms with Crippen molar-refractivity contribution in [3.63, 3.8) is 0 Å². The van der Waals surface area contributed by atoms with Gasteiger partial charge in [0.15, 0.2) is 0 Å². The van der Waals surface area contributed by atoms with Crippen LogP contribution in [0.4, 0.5) is 5.13 Å². The molecule has 1 atom stereocenters. The van der Waals surface area contributed by atoms with Crippen LogP contribution in [0.2, 0.25) is 5.02 Å². The summed E-state index contributed by atoms with van der Waals surface area (Å²) < 4.78 is 26.9. The maximum absolute atomic E-state index is 12.3. The normalized spacial score (nSPS) is 12.7. The Morgan fingerprint density at radius 2 is 1.92 bits per heavy atom. The molecule has 0 aliphatic carbocycles. The van der Waals surface area contributed by atoms with Crippen LogP contribution in [0.25, 0.3) is 0 Å².